The summed E-state index contributed by atoms with van der Waals surface area (Å²) in [5.41, 5.74) is 6.07. The summed E-state index contributed by atoms with van der Waals surface area (Å²) in [4.78, 5) is 0. The highest BCUT2D eigenvalue weighted by Crippen LogP contribution is 2.43. The Morgan fingerprint density at radius 3 is 2.16 bits per heavy atom. The maximum atomic E-state index is 3.66. The molecule has 0 atom stereocenters. The minimum atomic E-state index is 1.10. The van der Waals surface area contributed by atoms with Crippen molar-refractivity contribution in [1.82, 2.24) is 0 Å². The number of benzene rings is 5. The molecule has 1 heterocycles. The number of fused-ring (bicyclic) bond motifs is 5. The maximum Gasteiger partial charge on any atom is 0.0590 e. The summed E-state index contributed by atoms with van der Waals surface area (Å²) < 4.78 is 2.69. The number of thiophene rings is 1. The molecule has 0 bridgehead atoms. The van der Waals surface area contributed by atoms with Gasteiger partial charge in [-0.1, -0.05) is 78.9 Å². The Labute approximate surface area is 185 Å². The van der Waals surface area contributed by atoms with E-state index in [1.54, 1.807) is 0 Å². The molecule has 0 unspecified atom stereocenters. The lowest BCUT2D eigenvalue weighted by atomic mass is 10.0. The van der Waals surface area contributed by atoms with Gasteiger partial charge in [-0.2, -0.15) is 0 Å². The second kappa shape index (κ2) is 7.26. The average Bonchev–Trinajstić information content (AvgIpc) is 3.22. The van der Waals surface area contributed by atoms with Gasteiger partial charge >= 0.3 is 0 Å². The molecule has 0 aliphatic rings. The second-order valence-electron chi connectivity index (χ2n) is 7.97. The summed E-state index contributed by atoms with van der Waals surface area (Å²) in [6.45, 7) is 2.22. The largest absolute Gasteiger partial charge is 0.354 e. The van der Waals surface area contributed by atoms with Crippen molar-refractivity contribution in [3.8, 4) is 11.1 Å². The Morgan fingerprint density at radius 1 is 0.613 bits per heavy atom. The monoisotopic (exact) mass is 415 g/mol. The van der Waals surface area contributed by atoms with Crippen LogP contribution >= 0.6 is 11.3 Å². The molecule has 0 saturated heterocycles. The van der Waals surface area contributed by atoms with E-state index in [9.17, 15) is 0 Å². The molecule has 0 amide bonds. The molecule has 6 rings (SSSR count). The zero-order valence-electron chi connectivity index (χ0n) is 17.2. The van der Waals surface area contributed by atoms with Crippen molar-refractivity contribution in [3.63, 3.8) is 0 Å². The van der Waals surface area contributed by atoms with Crippen LogP contribution in [0, 0.1) is 6.92 Å². The fraction of sp³-hybridized carbons (Fsp3) is 0.0345. The van der Waals surface area contributed by atoms with E-state index in [1.807, 2.05) is 11.3 Å². The molecule has 0 aliphatic heterocycles. The van der Waals surface area contributed by atoms with Crippen LogP contribution in [0.1, 0.15) is 5.56 Å². The summed E-state index contributed by atoms with van der Waals surface area (Å²) in [5, 5.41) is 9.00. The van der Waals surface area contributed by atoms with Gasteiger partial charge in [0.05, 0.1) is 10.4 Å². The van der Waals surface area contributed by atoms with Gasteiger partial charge in [-0.25, -0.2) is 0 Å². The third kappa shape index (κ3) is 3.08. The minimum Gasteiger partial charge on any atom is -0.354 e. The zero-order chi connectivity index (χ0) is 20.8. The smallest absolute Gasteiger partial charge is 0.0590 e. The summed E-state index contributed by atoms with van der Waals surface area (Å²) in [6, 6.07) is 36.8. The van der Waals surface area contributed by atoms with E-state index in [1.165, 1.54) is 47.6 Å². The molecule has 0 radical (unpaired) electrons. The number of anilines is 2. The van der Waals surface area contributed by atoms with Crippen molar-refractivity contribution < 1.29 is 0 Å². The van der Waals surface area contributed by atoms with Crippen LogP contribution < -0.4 is 5.32 Å². The first kappa shape index (κ1) is 18.2. The summed E-state index contributed by atoms with van der Waals surface area (Å²) in [5.74, 6) is 0. The molecule has 0 saturated carbocycles. The molecule has 2 heteroatoms. The zero-order valence-corrected chi connectivity index (χ0v) is 18.0. The molecular formula is C29H21NS. The number of rotatable bonds is 3. The second-order valence-corrected chi connectivity index (χ2v) is 8.99. The Morgan fingerprint density at radius 2 is 1.32 bits per heavy atom. The SMILES string of the molecule is Cc1cc2ccccc2c2c1sc1c(Nc3ccc(-c4ccccc4)cc3)cccc12. The summed E-state index contributed by atoms with van der Waals surface area (Å²) >= 11 is 1.89. The van der Waals surface area contributed by atoms with Crippen molar-refractivity contribution in [2.45, 2.75) is 6.92 Å². The Kier molecular flexibility index (Phi) is 4.26. The fourth-order valence-corrected chi connectivity index (χ4v) is 5.70. The molecule has 0 aliphatic carbocycles. The molecule has 1 N–H and O–H groups in total. The van der Waals surface area contributed by atoms with E-state index in [2.05, 4.69) is 115 Å². The van der Waals surface area contributed by atoms with E-state index in [4.69, 9.17) is 0 Å². The van der Waals surface area contributed by atoms with Crippen LogP contribution in [0.2, 0.25) is 0 Å². The van der Waals surface area contributed by atoms with Gasteiger partial charge in [0, 0.05) is 21.2 Å². The van der Waals surface area contributed by atoms with E-state index in [0.29, 0.717) is 0 Å². The molecule has 31 heavy (non-hydrogen) atoms. The van der Waals surface area contributed by atoms with Gasteiger partial charge in [0.1, 0.15) is 0 Å². The highest BCUT2D eigenvalue weighted by atomic mass is 32.1. The van der Waals surface area contributed by atoms with Gasteiger partial charge < -0.3 is 5.32 Å². The van der Waals surface area contributed by atoms with Gasteiger partial charge in [-0.3, -0.25) is 0 Å². The van der Waals surface area contributed by atoms with Crippen molar-refractivity contribution >= 4 is 53.7 Å². The van der Waals surface area contributed by atoms with Crippen LogP contribution in [-0.2, 0) is 0 Å². The van der Waals surface area contributed by atoms with Gasteiger partial charge in [0.15, 0.2) is 0 Å². The lowest BCUT2D eigenvalue weighted by molar-refractivity contribution is 1.57. The molecule has 1 nitrogen and oxygen atoms in total. The predicted molar refractivity (Wildman–Crippen MR) is 137 cm³/mol. The molecular weight excluding hydrogens is 394 g/mol. The van der Waals surface area contributed by atoms with Crippen molar-refractivity contribution in [2.24, 2.45) is 0 Å². The Balaban J connectivity index is 1.46. The van der Waals surface area contributed by atoms with Crippen LogP contribution in [0.25, 0.3) is 42.1 Å². The molecule has 5 aromatic carbocycles. The predicted octanol–water partition coefficient (Wildman–Crippen LogP) is 8.93. The van der Waals surface area contributed by atoms with E-state index < -0.39 is 0 Å². The lowest BCUT2D eigenvalue weighted by Crippen LogP contribution is -1.90. The first-order valence-corrected chi connectivity index (χ1v) is 11.4. The molecule has 0 spiro atoms. The Bertz CT molecular complexity index is 1540. The van der Waals surface area contributed by atoms with Gasteiger partial charge in [-0.05, 0) is 58.7 Å². The van der Waals surface area contributed by atoms with E-state index in [0.717, 1.165) is 11.4 Å². The van der Waals surface area contributed by atoms with Gasteiger partial charge in [0.2, 0.25) is 0 Å². The first-order chi connectivity index (χ1) is 15.3. The van der Waals surface area contributed by atoms with Crippen LogP contribution in [0.4, 0.5) is 11.4 Å². The molecule has 1 aromatic heterocycles. The normalized spacial score (nSPS) is 11.4. The van der Waals surface area contributed by atoms with E-state index in [-0.39, 0.29) is 0 Å². The highest BCUT2D eigenvalue weighted by molar-refractivity contribution is 7.26. The number of aryl methyl sites for hydroxylation is 1. The van der Waals surface area contributed by atoms with E-state index >= 15 is 0 Å². The topological polar surface area (TPSA) is 12.0 Å². The summed E-state index contributed by atoms with van der Waals surface area (Å²) in [6.07, 6.45) is 0. The summed E-state index contributed by atoms with van der Waals surface area (Å²) in [7, 11) is 0. The molecule has 148 valence electrons. The van der Waals surface area contributed by atoms with Gasteiger partial charge in [0.25, 0.3) is 0 Å². The number of hydrogen-bond acceptors (Lipinski definition) is 2. The Hall–Kier alpha value is -3.62. The fourth-order valence-electron chi connectivity index (χ4n) is 4.44. The van der Waals surface area contributed by atoms with Crippen LogP contribution in [0.3, 0.4) is 0 Å². The number of nitrogens with one attached hydrogen (secondary N) is 1. The minimum absolute atomic E-state index is 1.10. The van der Waals surface area contributed by atoms with Crippen molar-refractivity contribution in [3.05, 3.63) is 109 Å². The number of hydrogen-bond donors (Lipinski definition) is 1. The van der Waals surface area contributed by atoms with Crippen LogP contribution in [0.5, 0.6) is 0 Å². The van der Waals surface area contributed by atoms with Gasteiger partial charge in [-0.15, -0.1) is 11.3 Å². The molecule has 0 fully saturated rings. The highest BCUT2D eigenvalue weighted by Gasteiger charge is 2.13. The standard InChI is InChI=1S/C29H21NS/c1-19-18-22-10-5-6-11-24(22)27-25-12-7-13-26(29(25)31-28(19)27)30-23-16-14-21(15-17-23)20-8-3-2-4-9-20/h2-18,30H,1H3. The van der Waals surface area contributed by atoms with Crippen LogP contribution in [-0.4, -0.2) is 0 Å². The van der Waals surface area contributed by atoms with Crippen LogP contribution in [0.15, 0.2) is 103 Å². The first-order valence-electron chi connectivity index (χ1n) is 10.5. The van der Waals surface area contributed by atoms with Crippen molar-refractivity contribution in [1.29, 1.82) is 0 Å². The maximum absolute atomic E-state index is 3.66. The molecule has 6 aromatic rings. The lowest BCUT2D eigenvalue weighted by Gasteiger charge is -2.09. The quantitative estimate of drug-likeness (QED) is 0.304. The van der Waals surface area contributed by atoms with Crippen molar-refractivity contribution in [2.75, 3.05) is 5.32 Å². The third-order valence-corrected chi connectivity index (χ3v) is 7.32. The third-order valence-electron chi connectivity index (χ3n) is 5.95. The average molecular weight is 416 g/mol.